The van der Waals surface area contributed by atoms with Gasteiger partial charge in [0.1, 0.15) is 11.5 Å². The molecule has 1 aliphatic heterocycles. The number of ketones is 1. The Balaban J connectivity index is 1.21. The van der Waals surface area contributed by atoms with Crippen molar-refractivity contribution in [2.45, 2.75) is 45.6 Å². The summed E-state index contributed by atoms with van der Waals surface area (Å²) in [6, 6.07) is 3.85. The number of hydrogen-bond donors (Lipinski definition) is 3. The van der Waals surface area contributed by atoms with Crippen LogP contribution >= 0.6 is 0 Å². The molecule has 0 aromatic carbocycles. The first-order valence-corrected chi connectivity index (χ1v) is 15.0. The average molecular weight is 602 g/mol. The summed E-state index contributed by atoms with van der Waals surface area (Å²) in [4.78, 5) is 67.3. The number of carbonyl (C=O) groups is 3. The zero-order valence-corrected chi connectivity index (χ0v) is 25.3. The Bertz CT molecular complexity index is 1610. The van der Waals surface area contributed by atoms with Crippen molar-refractivity contribution in [3.05, 3.63) is 58.7 Å². The van der Waals surface area contributed by atoms with E-state index in [-0.39, 0.29) is 34.8 Å². The molecule has 2 fully saturated rings. The summed E-state index contributed by atoms with van der Waals surface area (Å²) < 4.78 is 1.70. The molecular formula is C31H39N9O4. The molecule has 3 aromatic rings. The molecule has 13 nitrogen and oxygen atoms in total. The van der Waals surface area contributed by atoms with Gasteiger partial charge < -0.3 is 20.9 Å². The monoisotopic (exact) mass is 601 g/mol. The predicted octanol–water partition coefficient (Wildman–Crippen LogP) is 2.10. The molecule has 232 valence electrons. The number of carbonyl (C=O) groups excluding carboxylic acids is 3. The van der Waals surface area contributed by atoms with Crippen LogP contribution in [-0.4, -0.2) is 87.8 Å². The fourth-order valence-electron chi connectivity index (χ4n) is 5.95. The Morgan fingerprint density at radius 3 is 2.41 bits per heavy atom. The van der Waals surface area contributed by atoms with Crippen molar-refractivity contribution in [3.8, 4) is 0 Å². The molecule has 0 atom stereocenters. The van der Waals surface area contributed by atoms with Crippen LogP contribution in [0.2, 0.25) is 0 Å². The maximum Gasteiger partial charge on any atom is 0.263 e. The van der Waals surface area contributed by atoms with E-state index in [1.54, 1.807) is 23.9 Å². The van der Waals surface area contributed by atoms with Gasteiger partial charge in [-0.2, -0.15) is 4.98 Å². The van der Waals surface area contributed by atoms with Gasteiger partial charge in [0.05, 0.1) is 24.0 Å². The minimum atomic E-state index is -0.281. The van der Waals surface area contributed by atoms with E-state index in [9.17, 15) is 19.2 Å². The van der Waals surface area contributed by atoms with E-state index in [0.717, 1.165) is 57.5 Å². The number of hydrogen-bond acceptors (Lipinski definition) is 10. The van der Waals surface area contributed by atoms with Crippen LogP contribution in [0.4, 0.5) is 17.5 Å². The maximum atomic E-state index is 13.5. The number of Topliss-reactive ketones (excluding diaryl/α,β-unsaturated/α-hetero) is 1. The maximum absolute atomic E-state index is 13.5. The SMILES string of the molecule is C=CC(=O)NCCNC(=O)CN1CCN(c2ccc(Nc3ncc4c(C)c(C(C)=O)c(=O)n(C5CCCC5)c4n3)nc2)CC1. The van der Waals surface area contributed by atoms with Crippen molar-refractivity contribution in [3.63, 3.8) is 0 Å². The molecule has 2 aliphatic rings. The van der Waals surface area contributed by atoms with E-state index >= 15 is 0 Å². The van der Waals surface area contributed by atoms with E-state index in [2.05, 4.69) is 42.3 Å². The quantitative estimate of drug-likeness (QED) is 0.169. The van der Waals surface area contributed by atoms with E-state index < -0.39 is 0 Å². The van der Waals surface area contributed by atoms with Crippen molar-refractivity contribution in [1.82, 2.24) is 35.1 Å². The number of rotatable bonds is 11. The molecule has 0 radical (unpaired) electrons. The van der Waals surface area contributed by atoms with Gasteiger partial charge in [-0.1, -0.05) is 19.4 Å². The van der Waals surface area contributed by atoms with Gasteiger partial charge in [-0.3, -0.25) is 28.6 Å². The smallest absolute Gasteiger partial charge is 0.263 e. The molecule has 44 heavy (non-hydrogen) atoms. The molecule has 0 spiro atoms. The lowest BCUT2D eigenvalue weighted by atomic mass is 10.0. The number of piperazine rings is 1. The molecule has 5 rings (SSSR count). The highest BCUT2D eigenvalue weighted by molar-refractivity contribution is 5.99. The zero-order valence-electron chi connectivity index (χ0n) is 25.3. The Labute approximate surface area is 255 Å². The minimum absolute atomic E-state index is 0.00958. The zero-order chi connectivity index (χ0) is 31.2. The highest BCUT2D eigenvalue weighted by atomic mass is 16.2. The van der Waals surface area contributed by atoms with Crippen molar-refractivity contribution in [2.24, 2.45) is 0 Å². The van der Waals surface area contributed by atoms with Gasteiger partial charge in [0.2, 0.25) is 17.8 Å². The number of anilines is 3. The van der Waals surface area contributed by atoms with E-state index in [1.165, 1.54) is 13.0 Å². The summed E-state index contributed by atoms with van der Waals surface area (Å²) in [7, 11) is 0. The van der Waals surface area contributed by atoms with E-state index in [1.807, 2.05) is 12.1 Å². The molecule has 1 saturated carbocycles. The summed E-state index contributed by atoms with van der Waals surface area (Å²) in [5.41, 5.74) is 2.04. The second-order valence-electron chi connectivity index (χ2n) is 11.2. The second kappa shape index (κ2) is 13.8. The van der Waals surface area contributed by atoms with Crippen LogP contribution in [0.15, 0.2) is 42.0 Å². The molecule has 3 N–H and O–H groups in total. The van der Waals surface area contributed by atoms with Crippen molar-refractivity contribution in [1.29, 1.82) is 0 Å². The lowest BCUT2D eigenvalue weighted by molar-refractivity contribution is -0.122. The van der Waals surface area contributed by atoms with Gasteiger partial charge in [-0.25, -0.2) is 9.97 Å². The van der Waals surface area contributed by atoms with Crippen molar-refractivity contribution >= 4 is 46.1 Å². The molecule has 3 aromatic heterocycles. The van der Waals surface area contributed by atoms with Gasteiger partial charge in [0.15, 0.2) is 5.78 Å². The van der Waals surface area contributed by atoms with Crippen LogP contribution in [0.5, 0.6) is 0 Å². The first kappa shape index (κ1) is 30.8. The molecule has 0 unspecified atom stereocenters. The standard InChI is InChI=1S/C31H39N9O4/c1-4-26(42)32-11-12-33-27(43)19-38-13-15-39(16-14-38)23-9-10-25(34-17-23)36-31-35-18-24-20(2)28(21(3)41)30(44)40(29(24)37-31)22-7-5-6-8-22/h4,9-10,17-18,22H,1,5-8,11-16,19H2,2-3H3,(H,32,42)(H,33,43)(H,34,35,36,37). The van der Waals surface area contributed by atoms with Gasteiger partial charge in [-0.15, -0.1) is 0 Å². The Hall–Kier alpha value is -4.65. The topological polar surface area (TPSA) is 154 Å². The molecule has 4 heterocycles. The van der Waals surface area contributed by atoms with E-state index in [4.69, 9.17) is 4.98 Å². The second-order valence-corrected chi connectivity index (χ2v) is 11.2. The van der Waals surface area contributed by atoms with Gasteiger partial charge in [0, 0.05) is 56.9 Å². The predicted molar refractivity (Wildman–Crippen MR) is 168 cm³/mol. The first-order valence-electron chi connectivity index (χ1n) is 15.0. The lowest BCUT2D eigenvalue weighted by Crippen LogP contribution is -2.50. The van der Waals surface area contributed by atoms with Gasteiger partial charge in [0.25, 0.3) is 5.56 Å². The van der Waals surface area contributed by atoms with Crippen LogP contribution in [-0.2, 0) is 9.59 Å². The molecule has 13 heteroatoms. The lowest BCUT2D eigenvalue weighted by Gasteiger charge is -2.35. The highest BCUT2D eigenvalue weighted by Crippen LogP contribution is 2.32. The third-order valence-corrected chi connectivity index (χ3v) is 8.27. The Morgan fingerprint density at radius 1 is 1.02 bits per heavy atom. The number of nitrogens with zero attached hydrogens (tertiary/aromatic N) is 6. The molecule has 1 aliphatic carbocycles. The summed E-state index contributed by atoms with van der Waals surface area (Å²) in [5, 5.41) is 9.31. The molecular weight excluding hydrogens is 562 g/mol. The van der Waals surface area contributed by atoms with Crippen LogP contribution in [0, 0.1) is 6.92 Å². The molecule has 0 bridgehead atoms. The normalized spacial score (nSPS) is 15.7. The Morgan fingerprint density at radius 2 is 1.75 bits per heavy atom. The number of nitrogens with one attached hydrogen (secondary N) is 3. The first-order chi connectivity index (χ1) is 21.2. The Kier molecular flexibility index (Phi) is 9.63. The van der Waals surface area contributed by atoms with Gasteiger partial charge in [-0.05, 0) is 50.5 Å². The fraction of sp³-hybridized carbons (Fsp3) is 0.452. The number of aromatic nitrogens is 4. The summed E-state index contributed by atoms with van der Waals surface area (Å²) in [6.45, 7) is 10.6. The van der Waals surface area contributed by atoms with Crippen molar-refractivity contribution in [2.75, 3.05) is 56.0 Å². The molecule has 1 saturated heterocycles. The summed E-state index contributed by atoms with van der Waals surface area (Å²) in [6.07, 6.45) is 8.50. The number of pyridine rings is 2. The van der Waals surface area contributed by atoms with E-state index in [0.29, 0.717) is 48.0 Å². The van der Waals surface area contributed by atoms with Gasteiger partial charge >= 0.3 is 0 Å². The third-order valence-electron chi connectivity index (χ3n) is 8.27. The van der Waals surface area contributed by atoms with Crippen molar-refractivity contribution < 1.29 is 14.4 Å². The highest BCUT2D eigenvalue weighted by Gasteiger charge is 2.26. The van der Waals surface area contributed by atoms with Crippen LogP contribution in [0.1, 0.15) is 54.6 Å². The minimum Gasteiger partial charge on any atom is -0.368 e. The summed E-state index contributed by atoms with van der Waals surface area (Å²) in [5.74, 6) is 0.312. The molecule has 2 amide bonds. The largest absolute Gasteiger partial charge is 0.368 e. The average Bonchev–Trinajstić information content (AvgIpc) is 3.54. The van der Waals surface area contributed by atoms with Crippen LogP contribution in [0.25, 0.3) is 11.0 Å². The van der Waals surface area contributed by atoms with Crippen LogP contribution in [0.3, 0.4) is 0 Å². The third kappa shape index (κ3) is 6.94. The summed E-state index contributed by atoms with van der Waals surface area (Å²) >= 11 is 0. The fourth-order valence-corrected chi connectivity index (χ4v) is 5.95. The number of amides is 2. The number of aryl methyl sites for hydroxylation is 1. The number of fused-ring (bicyclic) bond motifs is 1. The van der Waals surface area contributed by atoms with Crippen LogP contribution < -0.4 is 26.4 Å².